The van der Waals surface area contributed by atoms with Crippen LogP contribution < -0.4 is 18.9 Å². The smallest absolute Gasteiger partial charge is 0.231 e. The van der Waals surface area contributed by atoms with E-state index in [0.717, 1.165) is 21.9 Å². The molecule has 0 amide bonds. The van der Waals surface area contributed by atoms with Gasteiger partial charge in [0.2, 0.25) is 18.4 Å². The van der Waals surface area contributed by atoms with Gasteiger partial charge in [0.05, 0.1) is 13.2 Å². The monoisotopic (exact) mass is 372 g/mol. The van der Waals surface area contributed by atoms with Crippen molar-refractivity contribution >= 4 is 16.7 Å². The molecule has 0 saturated heterocycles. The topological polar surface area (TPSA) is 84.6 Å². The van der Waals surface area contributed by atoms with E-state index in [9.17, 15) is 5.26 Å². The summed E-state index contributed by atoms with van der Waals surface area (Å²) < 4.78 is 22.3. The molecule has 2 atom stereocenters. The van der Waals surface area contributed by atoms with Crippen molar-refractivity contribution in [1.29, 1.82) is 10.7 Å². The highest BCUT2D eigenvalue weighted by Gasteiger charge is 2.39. The van der Waals surface area contributed by atoms with Crippen molar-refractivity contribution in [2.24, 2.45) is 5.92 Å². The zero-order chi connectivity index (χ0) is 19.3. The van der Waals surface area contributed by atoms with Crippen LogP contribution in [0.1, 0.15) is 17.0 Å². The van der Waals surface area contributed by atoms with E-state index in [4.69, 9.17) is 24.4 Å². The van der Waals surface area contributed by atoms with Gasteiger partial charge in [0.25, 0.3) is 0 Å². The van der Waals surface area contributed by atoms with Crippen molar-refractivity contribution in [3.63, 3.8) is 0 Å². The summed E-state index contributed by atoms with van der Waals surface area (Å²) in [5.41, 5.74) is 1.68. The lowest BCUT2D eigenvalue weighted by Crippen LogP contribution is -2.31. The van der Waals surface area contributed by atoms with Crippen LogP contribution in [0.5, 0.6) is 23.0 Å². The maximum Gasteiger partial charge on any atom is 0.231 e. The van der Waals surface area contributed by atoms with Crippen LogP contribution in [0.2, 0.25) is 0 Å². The molecule has 28 heavy (non-hydrogen) atoms. The number of nitrogens with one attached hydrogen (secondary N) is 1. The van der Waals surface area contributed by atoms with E-state index >= 15 is 0 Å². The summed E-state index contributed by atoms with van der Waals surface area (Å²) in [6.45, 7) is 0.127. The average Bonchev–Trinajstić information content (AvgIpc) is 3.20. The third kappa shape index (κ3) is 2.30. The summed E-state index contributed by atoms with van der Waals surface area (Å²) >= 11 is 0. The quantitative estimate of drug-likeness (QED) is 0.728. The molecule has 2 aliphatic heterocycles. The van der Waals surface area contributed by atoms with Gasteiger partial charge in [-0.15, -0.1) is 0 Å². The van der Waals surface area contributed by atoms with Gasteiger partial charge >= 0.3 is 0 Å². The summed E-state index contributed by atoms with van der Waals surface area (Å²) in [5.74, 6) is 1.10. The molecule has 1 N–H and O–H groups in total. The predicted octanol–water partition coefficient (Wildman–Crippen LogP) is 4.22. The molecule has 0 saturated carbocycles. The largest absolute Gasteiger partial charge is 0.493 e. The van der Waals surface area contributed by atoms with E-state index in [1.165, 1.54) is 0 Å². The molecule has 0 radical (unpaired) electrons. The second-order valence-electron chi connectivity index (χ2n) is 6.71. The van der Waals surface area contributed by atoms with Crippen LogP contribution in [0.4, 0.5) is 0 Å². The molecule has 0 bridgehead atoms. The van der Waals surface area contributed by atoms with Crippen LogP contribution in [0.25, 0.3) is 10.8 Å². The molecule has 2 heterocycles. The fourth-order valence-electron chi connectivity index (χ4n) is 3.96. The standard InChI is InChI=1S/C22H16N2O4/c1-25-17-8-13(9-18-21(17)27-11-26-18)19-15-7-6-12-4-2-3-5-14(12)20(15)28-22(24)16(19)10-23/h2-9,16,19,24H,11H2,1H3. The van der Waals surface area contributed by atoms with Crippen molar-refractivity contribution < 1.29 is 18.9 Å². The Bertz CT molecular complexity index is 1170. The number of methoxy groups -OCH3 is 1. The molecule has 0 spiro atoms. The number of benzene rings is 3. The lowest BCUT2D eigenvalue weighted by Gasteiger charge is -2.31. The first-order valence-electron chi connectivity index (χ1n) is 8.86. The first kappa shape index (κ1) is 16.5. The van der Waals surface area contributed by atoms with Crippen LogP contribution >= 0.6 is 0 Å². The molecule has 2 unspecified atom stereocenters. The summed E-state index contributed by atoms with van der Waals surface area (Å²) in [4.78, 5) is 0. The summed E-state index contributed by atoms with van der Waals surface area (Å²) in [6, 6.07) is 17.8. The molecule has 3 aromatic rings. The molecule has 0 aromatic heterocycles. The van der Waals surface area contributed by atoms with Gasteiger partial charge in [0, 0.05) is 16.9 Å². The molecule has 2 aliphatic rings. The Morgan fingerprint density at radius 2 is 1.96 bits per heavy atom. The van der Waals surface area contributed by atoms with Gasteiger partial charge in [-0.2, -0.15) is 5.26 Å². The molecular formula is C22H16N2O4. The first-order valence-corrected chi connectivity index (χ1v) is 8.86. The third-order valence-electron chi connectivity index (χ3n) is 5.25. The molecular weight excluding hydrogens is 356 g/mol. The average molecular weight is 372 g/mol. The van der Waals surface area contributed by atoms with Gasteiger partial charge in [-0.3, -0.25) is 5.41 Å². The van der Waals surface area contributed by atoms with Gasteiger partial charge < -0.3 is 18.9 Å². The lowest BCUT2D eigenvalue weighted by atomic mass is 9.78. The van der Waals surface area contributed by atoms with Crippen LogP contribution in [0.3, 0.4) is 0 Å². The summed E-state index contributed by atoms with van der Waals surface area (Å²) in [5, 5.41) is 20.1. The Balaban J connectivity index is 1.76. The molecule has 3 aromatic carbocycles. The van der Waals surface area contributed by atoms with Crippen LogP contribution in [-0.2, 0) is 0 Å². The summed E-state index contributed by atoms with van der Waals surface area (Å²) in [6.07, 6.45) is 0. The number of nitrogens with zero attached hydrogens (tertiary/aromatic N) is 1. The normalized spacial score (nSPS) is 19.6. The minimum Gasteiger partial charge on any atom is -0.493 e. The Labute approximate surface area is 161 Å². The van der Waals surface area contributed by atoms with Crippen molar-refractivity contribution in [1.82, 2.24) is 0 Å². The maximum absolute atomic E-state index is 9.79. The van der Waals surface area contributed by atoms with Gasteiger partial charge in [0.1, 0.15) is 11.7 Å². The second kappa shape index (κ2) is 6.17. The molecule has 6 nitrogen and oxygen atoms in total. The van der Waals surface area contributed by atoms with Crippen molar-refractivity contribution in [3.8, 4) is 29.1 Å². The van der Waals surface area contributed by atoms with E-state index in [-0.39, 0.29) is 18.6 Å². The molecule has 6 heteroatoms. The van der Waals surface area contributed by atoms with Crippen LogP contribution in [-0.4, -0.2) is 19.8 Å². The van der Waals surface area contributed by atoms with Crippen molar-refractivity contribution in [2.75, 3.05) is 13.9 Å². The number of ether oxygens (including phenoxy) is 4. The van der Waals surface area contributed by atoms with Crippen molar-refractivity contribution in [3.05, 3.63) is 59.7 Å². The van der Waals surface area contributed by atoms with E-state index in [2.05, 4.69) is 6.07 Å². The highest BCUT2D eigenvalue weighted by molar-refractivity contribution is 5.95. The van der Waals surface area contributed by atoms with Gasteiger partial charge in [-0.1, -0.05) is 36.4 Å². The van der Waals surface area contributed by atoms with Crippen LogP contribution in [0, 0.1) is 22.7 Å². The van der Waals surface area contributed by atoms with Crippen molar-refractivity contribution in [2.45, 2.75) is 5.92 Å². The highest BCUT2D eigenvalue weighted by atomic mass is 16.7. The fraction of sp³-hybridized carbons (Fsp3) is 0.182. The minimum atomic E-state index is -0.751. The number of hydrogen-bond donors (Lipinski definition) is 1. The second-order valence-corrected chi connectivity index (χ2v) is 6.71. The molecule has 5 rings (SSSR count). The Kier molecular flexibility index (Phi) is 3.63. The van der Waals surface area contributed by atoms with Gasteiger partial charge in [0.15, 0.2) is 11.5 Å². The first-order chi connectivity index (χ1) is 13.7. The van der Waals surface area contributed by atoms with Gasteiger partial charge in [-0.25, -0.2) is 0 Å². The van der Waals surface area contributed by atoms with E-state index in [0.29, 0.717) is 23.0 Å². The SMILES string of the molecule is COc1cc(C2c3ccc4ccccc4c3OC(=N)C2C#N)cc2c1OCO2. The number of hydrogen-bond acceptors (Lipinski definition) is 6. The Morgan fingerprint density at radius 1 is 1.11 bits per heavy atom. The molecule has 0 aliphatic carbocycles. The zero-order valence-corrected chi connectivity index (χ0v) is 15.1. The number of rotatable bonds is 2. The third-order valence-corrected chi connectivity index (χ3v) is 5.25. The maximum atomic E-state index is 9.79. The van der Waals surface area contributed by atoms with Crippen LogP contribution in [0.15, 0.2) is 48.5 Å². The Hall–Kier alpha value is -3.72. The highest BCUT2D eigenvalue weighted by Crippen LogP contribution is 2.49. The zero-order valence-electron chi connectivity index (χ0n) is 15.1. The van der Waals surface area contributed by atoms with E-state index in [1.54, 1.807) is 7.11 Å². The van der Waals surface area contributed by atoms with E-state index < -0.39 is 5.92 Å². The molecule has 0 fully saturated rings. The minimum absolute atomic E-state index is 0.0620. The van der Waals surface area contributed by atoms with E-state index in [1.807, 2.05) is 48.5 Å². The van der Waals surface area contributed by atoms with Gasteiger partial charge in [-0.05, 0) is 23.1 Å². The lowest BCUT2D eigenvalue weighted by molar-refractivity contribution is 0.171. The Morgan fingerprint density at radius 3 is 2.79 bits per heavy atom. The summed E-state index contributed by atoms with van der Waals surface area (Å²) in [7, 11) is 1.57. The predicted molar refractivity (Wildman–Crippen MR) is 102 cm³/mol. The fourth-order valence-corrected chi connectivity index (χ4v) is 3.96. The molecule has 138 valence electrons. The number of nitriles is 1. The number of fused-ring (bicyclic) bond motifs is 4.